The van der Waals surface area contributed by atoms with Gasteiger partial charge in [-0.1, -0.05) is 13.8 Å². The molecule has 112 valence electrons. The van der Waals surface area contributed by atoms with Crippen LogP contribution in [0.15, 0.2) is 24.3 Å². The van der Waals surface area contributed by atoms with Gasteiger partial charge in [0.1, 0.15) is 5.75 Å². The fourth-order valence-corrected chi connectivity index (χ4v) is 2.69. The largest absolute Gasteiger partial charge is 0.490 e. The molecule has 1 aromatic carbocycles. The van der Waals surface area contributed by atoms with Crippen LogP contribution in [0.4, 0.5) is 5.69 Å². The van der Waals surface area contributed by atoms with Crippen molar-refractivity contribution in [2.45, 2.75) is 45.6 Å². The maximum absolute atomic E-state index is 5.97. The predicted octanol–water partition coefficient (Wildman–Crippen LogP) is 3.65. The first-order valence-corrected chi connectivity index (χ1v) is 7.89. The smallest absolute Gasteiger partial charge is 0.119 e. The summed E-state index contributed by atoms with van der Waals surface area (Å²) >= 11 is 0. The monoisotopic (exact) mass is 276 g/mol. The maximum atomic E-state index is 5.97. The van der Waals surface area contributed by atoms with Crippen molar-refractivity contribution in [3.63, 3.8) is 0 Å². The van der Waals surface area contributed by atoms with E-state index in [1.807, 2.05) is 0 Å². The minimum atomic E-state index is 0.427. The Kier molecular flexibility index (Phi) is 5.72. The van der Waals surface area contributed by atoms with E-state index in [0.29, 0.717) is 17.9 Å². The van der Waals surface area contributed by atoms with E-state index in [-0.39, 0.29) is 0 Å². The Balaban J connectivity index is 1.81. The van der Waals surface area contributed by atoms with Gasteiger partial charge in [0.2, 0.25) is 0 Å². The van der Waals surface area contributed by atoms with Crippen LogP contribution >= 0.6 is 0 Å². The van der Waals surface area contributed by atoms with E-state index in [2.05, 4.69) is 43.4 Å². The SMILES string of the molecule is CC(C)C(CN)CNc1ccc(OC2CCCC2)cc1. The molecule has 1 aliphatic carbocycles. The van der Waals surface area contributed by atoms with Gasteiger partial charge in [0.15, 0.2) is 0 Å². The van der Waals surface area contributed by atoms with E-state index < -0.39 is 0 Å². The Bertz CT molecular complexity index is 382. The molecule has 0 spiro atoms. The van der Waals surface area contributed by atoms with E-state index >= 15 is 0 Å². The zero-order valence-corrected chi connectivity index (χ0v) is 12.8. The number of anilines is 1. The van der Waals surface area contributed by atoms with Gasteiger partial charge in [-0.05, 0) is 68.3 Å². The quantitative estimate of drug-likeness (QED) is 0.799. The van der Waals surface area contributed by atoms with Gasteiger partial charge in [0, 0.05) is 12.2 Å². The van der Waals surface area contributed by atoms with Crippen molar-refractivity contribution < 1.29 is 4.74 Å². The molecule has 0 amide bonds. The van der Waals surface area contributed by atoms with Crippen molar-refractivity contribution >= 4 is 5.69 Å². The van der Waals surface area contributed by atoms with Crippen molar-refractivity contribution in [3.05, 3.63) is 24.3 Å². The number of nitrogens with two attached hydrogens (primary N) is 1. The molecule has 1 saturated carbocycles. The molecule has 3 heteroatoms. The second kappa shape index (κ2) is 7.53. The molecule has 2 rings (SSSR count). The summed E-state index contributed by atoms with van der Waals surface area (Å²) in [7, 11) is 0. The molecule has 1 aliphatic rings. The summed E-state index contributed by atoms with van der Waals surface area (Å²) in [6.45, 7) is 6.10. The molecule has 3 N–H and O–H groups in total. The fraction of sp³-hybridized carbons (Fsp3) is 0.647. The molecular formula is C17H28N2O. The lowest BCUT2D eigenvalue weighted by molar-refractivity contribution is 0.210. The average Bonchev–Trinajstić information content (AvgIpc) is 2.94. The third-order valence-corrected chi connectivity index (χ3v) is 4.27. The Morgan fingerprint density at radius 2 is 1.85 bits per heavy atom. The average molecular weight is 276 g/mol. The maximum Gasteiger partial charge on any atom is 0.119 e. The summed E-state index contributed by atoms with van der Waals surface area (Å²) < 4.78 is 5.97. The molecule has 0 radical (unpaired) electrons. The Labute approximate surface area is 122 Å². The van der Waals surface area contributed by atoms with Crippen molar-refractivity contribution in [1.82, 2.24) is 0 Å². The molecule has 3 nitrogen and oxygen atoms in total. The van der Waals surface area contributed by atoms with Crippen LogP contribution in [-0.4, -0.2) is 19.2 Å². The van der Waals surface area contributed by atoms with Crippen LogP contribution in [0.2, 0.25) is 0 Å². The molecule has 0 bridgehead atoms. The van der Waals surface area contributed by atoms with E-state index in [4.69, 9.17) is 10.5 Å². The first kappa shape index (κ1) is 15.2. The minimum Gasteiger partial charge on any atom is -0.490 e. The van der Waals surface area contributed by atoms with Crippen molar-refractivity contribution in [2.24, 2.45) is 17.6 Å². The number of rotatable bonds is 7. The van der Waals surface area contributed by atoms with Crippen LogP contribution in [0.1, 0.15) is 39.5 Å². The first-order chi connectivity index (χ1) is 9.69. The fourth-order valence-electron chi connectivity index (χ4n) is 2.69. The van der Waals surface area contributed by atoms with Gasteiger partial charge in [0.05, 0.1) is 6.10 Å². The Hall–Kier alpha value is -1.22. The zero-order chi connectivity index (χ0) is 14.4. The lowest BCUT2D eigenvalue weighted by Gasteiger charge is -2.20. The van der Waals surface area contributed by atoms with Gasteiger partial charge >= 0.3 is 0 Å². The molecule has 1 atom stereocenters. The van der Waals surface area contributed by atoms with Gasteiger partial charge in [-0.2, -0.15) is 0 Å². The summed E-state index contributed by atoms with van der Waals surface area (Å²) in [4.78, 5) is 0. The highest BCUT2D eigenvalue weighted by Gasteiger charge is 2.16. The highest BCUT2D eigenvalue weighted by atomic mass is 16.5. The van der Waals surface area contributed by atoms with E-state index in [1.165, 1.54) is 25.7 Å². The summed E-state index contributed by atoms with van der Waals surface area (Å²) in [5, 5.41) is 3.46. The molecule has 1 fully saturated rings. The van der Waals surface area contributed by atoms with Gasteiger partial charge in [-0.3, -0.25) is 0 Å². The van der Waals surface area contributed by atoms with Gasteiger partial charge in [0.25, 0.3) is 0 Å². The minimum absolute atomic E-state index is 0.427. The van der Waals surface area contributed by atoms with Crippen LogP contribution < -0.4 is 15.8 Å². The number of benzene rings is 1. The number of hydrogen-bond donors (Lipinski definition) is 2. The van der Waals surface area contributed by atoms with Gasteiger partial charge in [-0.15, -0.1) is 0 Å². The summed E-state index contributed by atoms with van der Waals surface area (Å²) in [5.41, 5.74) is 6.93. The van der Waals surface area contributed by atoms with E-state index in [0.717, 1.165) is 24.5 Å². The number of ether oxygens (including phenoxy) is 1. The van der Waals surface area contributed by atoms with Crippen LogP contribution in [0.5, 0.6) is 5.75 Å². The van der Waals surface area contributed by atoms with Crippen molar-refractivity contribution in [3.8, 4) is 5.75 Å². The topological polar surface area (TPSA) is 47.3 Å². The van der Waals surface area contributed by atoms with Crippen LogP contribution in [0.3, 0.4) is 0 Å². The molecule has 0 aliphatic heterocycles. The second-order valence-corrected chi connectivity index (χ2v) is 6.17. The second-order valence-electron chi connectivity index (χ2n) is 6.17. The van der Waals surface area contributed by atoms with Crippen molar-refractivity contribution in [1.29, 1.82) is 0 Å². The van der Waals surface area contributed by atoms with Crippen molar-refractivity contribution in [2.75, 3.05) is 18.4 Å². The molecule has 1 aromatic rings. The van der Waals surface area contributed by atoms with Crippen LogP contribution in [-0.2, 0) is 0 Å². The lowest BCUT2D eigenvalue weighted by atomic mass is 9.96. The van der Waals surface area contributed by atoms with Gasteiger partial charge in [-0.25, -0.2) is 0 Å². The molecule has 0 heterocycles. The van der Waals surface area contributed by atoms with E-state index in [1.54, 1.807) is 0 Å². The summed E-state index contributed by atoms with van der Waals surface area (Å²) in [6, 6.07) is 8.32. The molecule has 0 saturated heterocycles. The van der Waals surface area contributed by atoms with Crippen LogP contribution in [0.25, 0.3) is 0 Å². The normalized spacial score (nSPS) is 17.4. The molecule has 20 heavy (non-hydrogen) atoms. The predicted molar refractivity (Wildman–Crippen MR) is 85.2 cm³/mol. The lowest BCUT2D eigenvalue weighted by Crippen LogP contribution is -2.27. The number of hydrogen-bond acceptors (Lipinski definition) is 3. The summed E-state index contributed by atoms with van der Waals surface area (Å²) in [5.74, 6) is 2.11. The molecule has 0 aromatic heterocycles. The highest BCUT2D eigenvalue weighted by Crippen LogP contribution is 2.25. The standard InChI is InChI=1S/C17H28N2O/c1-13(2)14(11-18)12-19-15-7-9-17(10-8-15)20-16-5-3-4-6-16/h7-10,13-14,16,19H,3-6,11-12,18H2,1-2H3. The third-order valence-electron chi connectivity index (χ3n) is 4.27. The molecular weight excluding hydrogens is 248 g/mol. The number of nitrogens with one attached hydrogen (secondary N) is 1. The highest BCUT2D eigenvalue weighted by molar-refractivity contribution is 5.46. The molecule has 1 unspecified atom stereocenters. The van der Waals surface area contributed by atoms with Crippen LogP contribution in [0, 0.1) is 11.8 Å². The van der Waals surface area contributed by atoms with E-state index in [9.17, 15) is 0 Å². The summed E-state index contributed by atoms with van der Waals surface area (Å²) in [6.07, 6.45) is 5.44. The third kappa shape index (κ3) is 4.41. The Morgan fingerprint density at radius 1 is 1.20 bits per heavy atom. The first-order valence-electron chi connectivity index (χ1n) is 7.89. The van der Waals surface area contributed by atoms with Gasteiger partial charge < -0.3 is 15.8 Å². The zero-order valence-electron chi connectivity index (χ0n) is 12.8. The Morgan fingerprint density at radius 3 is 2.40 bits per heavy atom.